The van der Waals surface area contributed by atoms with Crippen molar-refractivity contribution in [3.8, 4) is 0 Å². The SMILES string of the molecule is OCCC/C(=C(/C1=CCC(OCCN2CC2)C=C1)c1ccc(I)cc1)c1ccccc1. The zero-order valence-electron chi connectivity index (χ0n) is 17.8. The van der Waals surface area contributed by atoms with Crippen LogP contribution in [0, 0.1) is 3.57 Å². The van der Waals surface area contributed by atoms with Crippen LogP contribution in [0.15, 0.2) is 78.4 Å². The first-order chi connectivity index (χ1) is 15.2. The number of allylic oxidation sites excluding steroid dienone is 4. The van der Waals surface area contributed by atoms with Crippen LogP contribution in [0.25, 0.3) is 11.1 Å². The Kier molecular flexibility index (Phi) is 8.14. The Hall–Kier alpha value is -1.73. The Labute approximate surface area is 199 Å². The van der Waals surface area contributed by atoms with E-state index in [1.165, 1.54) is 44.5 Å². The van der Waals surface area contributed by atoms with Crippen LogP contribution in [0.4, 0.5) is 0 Å². The summed E-state index contributed by atoms with van der Waals surface area (Å²) in [5, 5.41) is 9.55. The highest BCUT2D eigenvalue weighted by Gasteiger charge is 2.19. The fraction of sp³-hybridized carbons (Fsp3) is 0.333. The van der Waals surface area contributed by atoms with Crippen molar-refractivity contribution >= 4 is 33.7 Å². The first-order valence-electron chi connectivity index (χ1n) is 11.1. The van der Waals surface area contributed by atoms with Gasteiger partial charge in [0.05, 0.1) is 12.7 Å². The summed E-state index contributed by atoms with van der Waals surface area (Å²) in [7, 11) is 0. The van der Waals surface area contributed by atoms with Gasteiger partial charge in [-0.15, -0.1) is 0 Å². The molecule has 0 amide bonds. The van der Waals surface area contributed by atoms with E-state index < -0.39 is 0 Å². The smallest absolute Gasteiger partial charge is 0.0794 e. The Morgan fingerprint density at radius 1 is 1.03 bits per heavy atom. The molecule has 2 aromatic rings. The van der Waals surface area contributed by atoms with Crippen molar-refractivity contribution in [2.24, 2.45) is 0 Å². The van der Waals surface area contributed by atoms with Crippen molar-refractivity contribution in [3.05, 3.63) is 93.1 Å². The molecule has 1 aliphatic heterocycles. The second-order valence-electron chi connectivity index (χ2n) is 8.06. The lowest BCUT2D eigenvalue weighted by atomic mass is 9.85. The summed E-state index contributed by atoms with van der Waals surface area (Å²) in [5.74, 6) is 0. The van der Waals surface area contributed by atoms with Gasteiger partial charge < -0.3 is 9.84 Å². The van der Waals surface area contributed by atoms with E-state index in [1.807, 2.05) is 0 Å². The summed E-state index contributed by atoms with van der Waals surface area (Å²) in [6.07, 6.45) is 9.37. The molecule has 0 radical (unpaired) electrons. The maximum atomic E-state index is 9.55. The van der Waals surface area contributed by atoms with E-state index in [1.54, 1.807) is 0 Å². The van der Waals surface area contributed by atoms with Gasteiger partial charge in [-0.05, 0) is 81.8 Å². The average Bonchev–Trinajstić information content (AvgIpc) is 3.63. The van der Waals surface area contributed by atoms with Crippen LogP contribution in [0.2, 0.25) is 0 Å². The summed E-state index contributed by atoms with van der Waals surface area (Å²) in [6.45, 7) is 4.46. The molecular formula is C27H30INO2. The van der Waals surface area contributed by atoms with Crippen LogP contribution in [-0.2, 0) is 4.74 Å². The van der Waals surface area contributed by atoms with E-state index in [4.69, 9.17) is 4.74 Å². The van der Waals surface area contributed by atoms with E-state index in [0.717, 1.165) is 32.4 Å². The van der Waals surface area contributed by atoms with Crippen LogP contribution in [0.3, 0.4) is 0 Å². The topological polar surface area (TPSA) is 32.5 Å². The van der Waals surface area contributed by atoms with E-state index in [-0.39, 0.29) is 12.7 Å². The summed E-state index contributed by atoms with van der Waals surface area (Å²) in [6, 6.07) is 19.3. The maximum absolute atomic E-state index is 9.55. The van der Waals surface area contributed by atoms with Crippen LogP contribution < -0.4 is 0 Å². The third-order valence-corrected chi connectivity index (χ3v) is 6.49. The molecule has 0 bridgehead atoms. The molecule has 4 heteroatoms. The number of ether oxygens (including phenoxy) is 1. The number of halogens is 1. The molecule has 1 aliphatic carbocycles. The molecule has 1 atom stereocenters. The summed E-state index contributed by atoms with van der Waals surface area (Å²) in [5.41, 5.74) is 6.22. The van der Waals surface area contributed by atoms with E-state index >= 15 is 0 Å². The van der Waals surface area contributed by atoms with Gasteiger partial charge in [-0.25, -0.2) is 0 Å². The first kappa shape index (κ1) is 22.5. The zero-order valence-corrected chi connectivity index (χ0v) is 20.0. The van der Waals surface area contributed by atoms with Crippen LogP contribution in [0.5, 0.6) is 0 Å². The van der Waals surface area contributed by atoms with E-state index in [0.29, 0.717) is 0 Å². The predicted octanol–water partition coefficient (Wildman–Crippen LogP) is 5.56. The van der Waals surface area contributed by atoms with Gasteiger partial charge in [-0.3, -0.25) is 4.90 Å². The van der Waals surface area contributed by atoms with Crippen LogP contribution in [-0.4, -0.2) is 49.0 Å². The molecular weight excluding hydrogens is 497 g/mol. The first-order valence-corrected chi connectivity index (χ1v) is 12.2. The molecule has 1 saturated heterocycles. The minimum absolute atomic E-state index is 0.152. The van der Waals surface area contributed by atoms with E-state index in [9.17, 15) is 5.11 Å². The van der Waals surface area contributed by atoms with Gasteiger partial charge >= 0.3 is 0 Å². The molecule has 3 nitrogen and oxygen atoms in total. The zero-order chi connectivity index (χ0) is 21.5. The number of aliphatic hydroxyl groups is 1. The molecule has 31 heavy (non-hydrogen) atoms. The number of hydrogen-bond acceptors (Lipinski definition) is 3. The molecule has 162 valence electrons. The normalized spacial score (nSPS) is 19.2. The highest BCUT2D eigenvalue weighted by Crippen LogP contribution is 2.37. The van der Waals surface area contributed by atoms with Crippen molar-refractivity contribution in [2.45, 2.75) is 25.4 Å². The lowest BCUT2D eigenvalue weighted by Crippen LogP contribution is -2.17. The average molecular weight is 527 g/mol. The number of aliphatic hydroxyl groups excluding tert-OH is 1. The van der Waals surface area contributed by atoms with Crippen LogP contribution >= 0.6 is 22.6 Å². The molecule has 1 unspecified atom stereocenters. The van der Waals surface area contributed by atoms with Gasteiger partial charge in [0, 0.05) is 29.8 Å². The Balaban J connectivity index is 1.65. The van der Waals surface area contributed by atoms with Crippen molar-refractivity contribution < 1.29 is 9.84 Å². The number of rotatable bonds is 10. The van der Waals surface area contributed by atoms with Crippen molar-refractivity contribution in [1.82, 2.24) is 4.90 Å². The van der Waals surface area contributed by atoms with Gasteiger partial charge in [0.25, 0.3) is 0 Å². The summed E-state index contributed by atoms with van der Waals surface area (Å²) in [4.78, 5) is 2.39. The molecule has 2 aromatic carbocycles. The largest absolute Gasteiger partial charge is 0.396 e. The van der Waals surface area contributed by atoms with Gasteiger partial charge in [0.2, 0.25) is 0 Å². The second-order valence-corrected chi connectivity index (χ2v) is 9.30. The highest BCUT2D eigenvalue weighted by atomic mass is 127. The molecule has 2 aliphatic rings. The molecule has 0 aromatic heterocycles. The quantitative estimate of drug-likeness (QED) is 0.250. The van der Waals surface area contributed by atoms with Crippen molar-refractivity contribution in [1.29, 1.82) is 0 Å². The standard InChI is InChI=1S/C27H30INO2/c28-24-12-8-22(9-13-24)27(26(7-4-19-30)21-5-2-1-3-6-21)23-10-14-25(15-11-23)31-20-18-29-16-17-29/h1-3,5-6,8-14,25,30H,4,7,15-20H2/b27-26-. The monoisotopic (exact) mass is 527 g/mol. The fourth-order valence-corrected chi connectivity index (χ4v) is 4.34. The molecule has 0 spiro atoms. The Bertz CT molecular complexity index is 943. The third-order valence-electron chi connectivity index (χ3n) is 5.77. The summed E-state index contributed by atoms with van der Waals surface area (Å²) >= 11 is 2.35. The number of hydrogen-bond donors (Lipinski definition) is 1. The van der Waals surface area contributed by atoms with E-state index in [2.05, 4.69) is 100 Å². The Morgan fingerprint density at radius 3 is 2.45 bits per heavy atom. The highest BCUT2D eigenvalue weighted by molar-refractivity contribution is 14.1. The van der Waals surface area contributed by atoms with Gasteiger partial charge in [-0.1, -0.05) is 60.7 Å². The minimum atomic E-state index is 0.152. The predicted molar refractivity (Wildman–Crippen MR) is 137 cm³/mol. The molecule has 1 N–H and O–H groups in total. The van der Waals surface area contributed by atoms with Gasteiger partial charge in [-0.2, -0.15) is 0 Å². The maximum Gasteiger partial charge on any atom is 0.0794 e. The molecule has 1 fully saturated rings. The van der Waals surface area contributed by atoms with Gasteiger partial charge in [0.15, 0.2) is 0 Å². The van der Waals surface area contributed by atoms with Crippen LogP contribution in [0.1, 0.15) is 30.4 Å². The van der Waals surface area contributed by atoms with Gasteiger partial charge in [0.1, 0.15) is 0 Å². The number of nitrogens with zero attached hydrogens (tertiary/aromatic N) is 1. The molecule has 4 rings (SSSR count). The fourth-order valence-electron chi connectivity index (χ4n) is 3.98. The lowest BCUT2D eigenvalue weighted by Gasteiger charge is -2.22. The van der Waals surface area contributed by atoms with Crippen molar-refractivity contribution in [2.75, 3.05) is 32.8 Å². The lowest BCUT2D eigenvalue weighted by molar-refractivity contribution is 0.0813. The third kappa shape index (κ3) is 6.39. The Morgan fingerprint density at radius 2 is 1.81 bits per heavy atom. The summed E-state index contributed by atoms with van der Waals surface area (Å²) < 4.78 is 7.30. The molecule has 1 heterocycles. The van der Waals surface area contributed by atoms with Crippen molar-refractivity contribution in [3.63, 3.8) is 0 Å². The minimum Gasteiger partial charge on any atom is -0.396 e. The molecule has 0 saturated carbocycles. The number of benzene rings is 2. The second kappa shape index (κ2) is 11.2.